The van der Waals surface area contributed by atoms with Crippen LogP contribution in [0.1, 0.15) is 32.9 Å². The summed E-state index contributed by atoms with van der Waals surface area (Å²) < 4.78 is 0. The zero-order valence-corrected chi connectivity index (χ0v) is 11.0. The van der Waals surface area contributed by atoms with Crippen molar-refractivity contribution >= 4 is 17.4 Å². The number of hydrogen-bond acceptors (Lipinski definition) is 3. The van der Waals surface area contributed by atoms with Crippen LogP contribution in [0.5, 0.6) is 0 Å². The second kappa shape index (κ2) is 6.69. The Hall–Kier alpha value is -0.830. The summed E-state index contributed by atoms with van der Waals surface area (Å²) in [6.07, 6.45) is 1.18. The maximum Gasteiger partial charge on any atom is 0.151 e. The Morgan fingerprint density at radius 2 is 2.06 bits per heavy atom. The molecule has 4 heteroatoms. The molecule has 0 aromatic carbocycles. The largest absolute Gasteiger partial charge is 0.355 e. The van der Waals surface area contributed by atoms with Crippen LogP contribution < -0.4 is 4.90 Å². The normalized spacial score (nSPS) is 12.5. The van der Waals surface area contributed by atoms with Crippen molar-refractivity contribution < 1.29 is 0 Å². The molecule has 16 heavy (non-hydrogen) atoms. The van der Waals surface area contributed by atoms with Crippen LogP contribution >= 0.6 is 11.6 Å². The summed E-state index contributed by atoms with van der Waals surface area (Å²) in [6, 6.07) is 3.94. The van der Waals surface area contributed by atoms with Crippen molar-refractivity contribution in [1.29, 1.82) is 0 Å². The van der Waals surface area contributed by atoms with E-state index in [-0.39, 0.29) is 0 Å². The van der Waals surface area contributed by atoms with E-state index in [1.54, 1.807) is 0 Å². The van der Waals surface area contributed by atoms with Gasteiger partial charge in [0.1, 0.15) is 0 Å². The third kappa shape index (κ3) is 3.63. The van der Waals surface area contributed by atoms with E-state index < -0.39 is 0 Å². The first-order chi connectivity index (χ1) is 7.71. The van der Waals surface area contributed by atoms with Gasteiger partial charge in [0.25, 0.3) is 0 Å². The number of halogens is 1. The maximum atomic E-state index is 5.68. The fraction of sp³-hybridized carbons (Fsp3) is 0.667. The SMILES string of the molecule is CCC(C)CN(CC)c1ccc(CCl)nn1. The molecule has 1 aromatic heterocycles. The van der Waals surface area contributed by atoms with Gasteiger partial charge in [-0.25, -0.2) is 0 Å². The van der Waals surface area contributed by atoms with Gasteiger partial charge in [0.2, 0.25) is 0 Å². The molecule has 0 aliphatic rings. The summed E-state index contributed by atoms with van der Waals surface area (Å²) in [6.45, 7) is 8.59. The molecule has 0 fully saturated rings. The Labute approximate surface area is 103 Å². The van der Waals surface area contributed by atoms with E-state index in [0.29, 0.717) is 11.8 Å². The highest BCUT2D eigenvalue weighted by Crippen LogP contribution is 2.13. The molecule has 1 aromatic rings. The van der Waals surface area contributed by atoms with Gasteiger partial charge in [-0.2, -0.15) is 5.10 Å². The van der Waals surface area contributed by atoms with E-state index in [9.17, 15) is 0 Å². The summed E-state index contributed by atoms with van der Waals surface area (Å²) in [5, 5.41) is 8.28. The van der Waals surface area contributed by atoms with Crippen LogP contribution in [0.2, 0.25) is 0 Å². The molecular formula is C12H20ClN3. The lowest BCUT2D eigenvalue weighted by Gasteiger charge is -2.24. The van der Waals surface area contributed by atoms with Gasteiger partial charge in [0, 0.05) is 13.1 Å². The first kappa shape index (κ1) is 13.2. The van der Waals surface area contributed by atoms with Crippen molar-refractivity contribution in [2.75, 3.05) is 18.0 Å². The minimum atomic E-state index is 0.421. The van der Waals surface area contributed by atoms with Gasteiger partial charge in [0.05, 0.1) is 11.6 Å². The summed E-state index contributed by atoms with van der Waals surface area (Å²) >= 11 is 5.68. The summed E-state index contributed by atoms with van der Waals surface area (Å²) in [5.41, 5.74) is 0.824. The highest BCUT2D eigenvalue weighted by atomic mass is 35.5. The van der Waals surface area contributed by atoms with Gasteiger partial charge in [0.15, 0.2) is 5.82 Å². The monoisotopic (exact) mass is 241 g/mol. The first-order valence-electron chi connectivity index (χ1n) is 5.84. The predicted octanol–water partition coefficient (Wildman–Crippen LogP) is 3.09. The van der Waals surface area contributed by atoms with E-state index >= 15 is 0 Å². The van der Waals surface area contributed by atoms with Crippen LogP contribution in [-0.4, -0.2) is 23.3 Å². The highest BCUT2D eigenvalue weighted by molar-refractivity contribution is 6.16. The molecule has 1 rings (SSSR count). The molecule has 0 radical (unpaired) electrons. The second-order valence-corrected chi connectivity index (χ2v) is 4.34. The molecule has 0 aliphatic heterocycles. The minimum absolute atomic E-state index is 0.421. The molecule has 1 heterocycles. The average molecular weight is 242 g/mol. The van der Waals surface area contributed by atoms with Crippen LogP contribution in [0.3, 0.4) is 0 Å². The van der Waals surface area contributed by atoms with Crippen LogP contribution in [0.25, 0.3) is 0 Å². The molecule has 0 N–H and O–H groups in total. The van der Waals surface area contributed by atoms with Crippen LogP contribution in [0.15, 0.2) is 12.1 Å². The molecule has 1 unspecified atom stereocenters. The van der Waals surface area contributed by atoms with Gasteiger partial charge in [-0.05, 0) is 25.0 Å². The minimum Gasteiger partial charge on any atom is -0.355 e. The van der Waals surface area contributed by atoms with Crippen LogP contribution in [0.4, 0.5) is 5.82 Å². The number of nitrogens with zero attached hydrogens (tertiary/aromatic N) is 3. The van der Waals surface area contributed by atoms with Crippen LogP contribution in [0, 0.1) is 5.92 Å². The Balaban J connectivity index is 2.70. The van der Waals surface area contributed by atoms with E-state index in [1.165, 1.54) is 6.42 Å². The van der Waals surface area contributed by atoms with Crippen molar-refractivity contribution in [3.63, 3.8) is 0 Å². The Morgan fingerprint density at radius 3 is 2.50 bits per heavy atom. The average Bonchev–Trinajstić information content (AvgIpc) is 2.35. The summed E-state index contributed by atoms with van der Waals surface area (Å²) in [4.78, 5) is 2.25. The lowest BCUT2D eigenvalue weighted by molar-refractivity contribution is 0.544. The molecule has 0 saturated heterocycles. The molecule has 1 atom stereocenters. The molecule has 0 bridgehead atoms. The van der Waals surface area contributed by atoms with Crippen molar-refractivity contribution in [3.8, 4) is 0 Å². The van der Waals surface area contributed by atoms with Gasteiger partial charge < -0.3 is 4.90 Å². The van der Waals surface area contributed by atoms with Gasteiger partial charge >= 0.3 is 0 Å². The van der Waals surface area contributed by atoms with Crippen molar-refractivity contribution in [3.05, 3.63) is 17.8 Å². The van der Waals surface area contributed by atoms with Gasteiger partial charge in [-0.15, -0.1) is 16.7 Å². The molecule has 0 aliphatic carbocycles. The Bertz CT molecular complexity index is 300. The third-order valence-corrected chi connectivity index (χ3v) is 3.05. The van der Waals surface area contributed by atoms with E-state index in [4.69, 9.17) is 11.6 Å². The van der Waals surface area contributed by atoms with E-state index in [2.05, 4.69) is 35.9 Å². The Morgan fingerprint density at radius 1 is 1.31 bits per heavy atom. The molecule has 0 saturated carbocycles. The third-order valence-electron chi connectivity index (χ3n) is 2.78. The number of aromatic nitrogens is 2. The lowest BCUT2D eigenvalue weighted by Crippen LogP contribution is -2.29. The number of rotatable bonds is 6. The van der Waals surface area contributed by atoms with Crippen molar-refractivity contribution in [1.82, 2.24) is 10.2 Å². The number of anilines is 1. The fourth-order valence-corrected chi connectivity index (χ4v) is 1.63. The quantitative estimate of drug-likeness (QED) is 0.717. The van der Waals surface area contributed by atoms with Crippen molar-refractivity contribution in [2.45, 2.75) is 33.1 Å². The van der Waals surface area contributed by atoms with Gasteiger partial charge in [-0.1, -0.05) is 20.3 Å². The van der Waals surface area contributed by atoms with Gasteiger partial charge in [-0.3, -0.25) is 0 Å². The summed E-state index contributed by atoms with van der Waals surface area (Å²) in [5.74, 6) is 2.04. The molecular weight excluding hydrogens is 222 g/mol. The first-order valence-corrected chi connectivity index (χ1v) is 6.38. The number of hydrogen-bond donors (Lipinski definition) is 0. The zero-order chi connectivity index (χ0) is 12.0. The summed E-state index contributed by atoms with van der Waals surface area (Å²) in [7, 11) is 0. The number of alkyl halides is 1. The van der Waals surface area contributed by atoms with E-state index in [1.807, 2.05) is 12.1 Å². The van der Waals surface area contributed by atoms with E-state index in [0.717, 1.165) is 24.6 Å². The fourth-order valence-electron chi connectivity index (χ4n) is 1.48. The molecule has 0 spiro atoms. The molecule has 90 valence electrons. The topological polar surface area (TPSA) is 29.0 Å². The standard InChI is InChI=1S/C12H20ClN3/c1-4-10(3)9-16(5-2)12-7-6-11(8-13)14-15-12/h6-7,10H,4-5,8-9H2,1-3H3. The second-order valence-electron chi connectivity index (χ2n) is 4.07. The smallest absolute Gasteiger partial charge is 0.151 e. The van der Waals surface area contributed by atoms with Crippen LogP contribution in [-0.2, 0) is 5.88 Å². The molecule has 3 nitrogen and oxygen atoms in total. The Kier molecular flexibility index (Phi) is 5.53. The lowest BCUT2D eigenvalue weighted by atomic mass is 10.1. The molecule has 0 amide bonds. The highest BCUT2D eigenvalue weighted by Gasteiger charge is 2.09. The zero-order valence-electron chi connectivity index (χ0n) is 10.3. The van der Waals surface area contributed by atoms with Crippen molar-refractivity contribution in [2.24, 2.45) is 5.92 Å². The predicted molar refractivity (Wildman–Crippen MR) is 68.9 cm³/mol. The maximum absolute atomic E-state index is 5.68.